The topological polar surface area (TPSA) is 329 Å². The number of hydrogen-bond donors (Lipinski definition) is 7. The Morgan fingerprint density at radius 3 is 1.75 bits per heavy atom. The van der Waals surface area contributed by atoms with E-state index in [0.717, 1.165) is 44.9 Å². The second kappa shape index (κ2) is 42.8. The molecule has 1 aromatic carbocycles. The maximum Gasteiger partial charge on any atom is 0.325 e. The molecule has 1 unspecified atom stereocenters. The van der Waals surface area contributed by atoms with Crippen molar-refractivity contribution < 1.29 is 81.0 Å². The molecule has 1 fully saturated rings. The van der Waals surface area contributed by atoms with Crippen LogP contribution >= 0.6 is 7.60 Å². The van der Waals surface area contributed by atoms with Crippen molar-refractivity contribution in [2.45, 2.75) is 141 Å². The second-order valence-electron chi connectivity index (χ2n) is 21.1. The van der Waals surface area contributed by atoms with Crippen LogP contribution in [0, 0.1) is 11.8 Å². The normalized spacial score (nSPS) is 15.4. The number of methoxy groups -OCH3 is 1. The van der Waals surface area contributed by atoms with Gasteiger partial charge in [0, 0.05) is 38.5 Å². The van der Waals surface area contributed by atoms with Crippen molar-refractivity contribution >= 4 is 43.0 Å². The Kier molecular flexibility index (Phi) is 37.3. The summed E-state index contributed by atoms with van der Waals surface area (Å²) < 4.78 is 57.0. The van der Waals surface area contributed by atoms with Crippen LogP contribution in [0.2, 0.25) is 0 Å². The largest absolute Gasteiger partial charge is 0.382 e. The van der Waals surface area contributed by atoms with Gasteiger partial charge in [-0.05, 0) is 62.8 Å². The van der Waals surface area contributed by atoms with Gasteiger partial charge in [0.05, 0.1) is 118 Å². The van der Waals surface area contributed by atoms with Gasteiger partial charge in [-0.3, -0.25) is 33.3 Å². The lowest BCUT2D eigenvalue weighted by Crippen LogP contribution is -2.59. The number of imidazole rings is 1. The number of likely N-dealkylation sites (tertiary alicyclic amines) is 1. The lowest BCUT2D eigenvalue weighted by atomic mass is 10.0. The quantitative estimate of drug-likeness (QED) is 0.0370. The number of hydrogen-bond acceptors (Lipinski definition) is 16. The minimum absolute atomic E-state index is 0.0291. The van der Waals surface area contributed by atoms with Crippen molar-refractivity contribution in [3.05, 3.63) is 54.1 Å². The molecular weight excluding hydrogens is 1100 g/mol. The average Bonchev–Trinajstić information content (AvgIpc) is 4.23. The highest BCUT2D eigenvalue weighted by Crippen LogP contribution is 2.37. The molecule has 3 rings (SSSR count). The van der Waals surface area contributed by atoms with Gasteiger partial charge < -0.3 is 84.1 Å². The average molecular weight is 1200 g/mol. The number of primary amides is 1. The Bertz CT molecular complexity index is 2190. The van der Waals surface area contributed by atoms with Crippen LogP contribution in [-0.2, 0) is 90.6 Å². The monoisotopic (exact) mass is 1200 g/mol. The summed E-state index contributed by atoms with van der Waals surface area (Å²) in [5.41, 5.74) is 7.47. The van der Waals surface area contributed by atoms with Crippen LogP contribution in [-0.4, -0.2) is 209 Å². The first-order chi connectivity index (χ1) is 39.9. The molecule has 0 saturated carbocycles. The standard InChI is InChI=1S/C57H97N8O17P/c1-43(2)38-48(62-57(71)50-19-15-22-65(50)51(66)20-23-76-26-27-78-30-31-80-34-35-82-37-36-81-33-32-79-29-28-77-25-24-75-5)56(70)61-49(55(69)60-45(4)54(68)63-52(53(58)67)44(3)41-83(72,73)74)39-47-40-59-42-64(47)21-14-9-7-6-8-11-16-46-17-12-10-13-18-46/h10,12-13,17-18,40,42-45,48-50,52H,6-9,11,14-16,19-39,41H2,1-5H3,(H2,58,67)(H,60,69)(H,61,70)(H,62,71)(H,63,68)(H2,72,73,74)/t44-,45-,48-,49-,50?,52-/m0/s1. The van der Waals surface area contributed by atoms with Gasteiger partial charge in [-0.2, -0.15) is 0 Å². The highest BCUT2D eigenvalue weighted by atomic mass is 31.2. The molecule has 6 atom stereocenters. The number of aromatic nitrogens is 2. The molecule has 2 heterocycles. The molecule has 6 amide bonds. The molecule has 83 heavy (non-hydrogen) atoms. The molecule has 0 spiro atoms. The zero-order valence-corrected chi connectivity index (χ0v) is 50.6. The summed E-state index contributed by atoms with van der Waals surface area (Å²) in [6, 6.07) is 4.38. The smallest absolute Gasteiger partial charge is 0.325 e. The lowest BCUT2D eigenvalue weighted by Gasteiger charge is -2.29. The number of nitrogens with zero attached hydrogens (tertiary/aromatic N) is 3. The number of ether oxygens (including phenoxy) is 8. The van der Waals surface area contributed by atoms with Crippen LogP contribution in [0.3, 0.4) is 0 Å². The SMILES string of the molecule is COCCOCCOCCOCCOCCOCCOCCOCCC(=O)N1CCCC1C(=O)N[C@@H](CC(C)C)C(=O)N[C@@H](Cc1cncn1CCCCCCCCc1ccccc1)C(=O)N[C@@H](C)C(=O)N[C@H](C(N)=O)[C@@H](C)CP(=O)(O)O. The molecular formula is C57H97N8O17P. The zero-order valence-electron chi connectivity index (χ0n) is 49.7. The summed E-state index contributed by atoms with van der Waals surface area (Å²) in [6.07, 6.45) is 10.9. The molecule has 1 aliphatic heterocycles. The van der Waals surface area contributed by atoms with Gasteiger partial charge >= 0.3 is 7.60 Å². The van der Waals surface area contributed by atoms with Crippen molar-refractivity contribution in [2.24, 2.45) is 17.6 Å². The number of amides is 6. The predicted octanol–water partition coefficient (Wildman–Crippen LogP) is 2.46. The first-order valence-electron chi connectivity index (χ1n) is 29.3. The summed E-state index contributed by atoms with van der Waals surface area (Å²) >= 11 is 0. The molecule has 1 saturated heterocycles. The molecule has 1 aliphatic rings. The number of nitrogens with one attached hydrogen (secondary N) is 4. The van der Waals surface area contributed by atoms with Gasteiger partial charge in [-0.25, -0.2) is 4.98 Å². The fraction of sp³-hybridized carbons (Fsp3) is 0.737. The Balaban J connectivity index is 1.50. The van der Waals surface area contributed by atoms with Crippen LogP contribution in [0.5, 0.6) is 0 Å². The van der Waals surface area contributed by atoms with Crippen molar-refractivity contribution in [3.8, 4) is 0 Å². The zero-order chi connectivity index (χ0) is 60.7. The van der Waals surface area contributed by atoms with Crippen LogP contribution in [0.1, 0.15) is 103 Å². The molecule has 0 radical (unpaired) electrons. The molecule has 2 aromatic rings. The maximum atomic E-state index is 14.4. The number of carbonyl (C=O) groups excluding carboxylic acids is 6. The predicted molar refractivity (Wildman–Crippen MR) is 309 cm³/mol. The summed E-state index contributed by atoms with van der Waals surface area (Å²) in [5.74, 6) is -5.25. The molecule has 0 aliphatic carbocycles. The highest BCUT2D eigenvalue weighted by Gasteiger charge is 2.37. The van der Waals surface area contributed by atoms with Crippen molar-refractivity contribution in [3.63, 3.8) is 0 Å². The van der Waals surface area contributed by atoms with E-state index in [0.29, 0.717) is 118 Å². The van der Waals surface area contributed by atoms with Crippen molar-refractivity contribution in [1.29, 1.82) is 0 Å². The maximum absolute atomic E-state index is 14.4. The fourth-order valence-electron chi connectivity index (χ4n) is 9.18. The molecule has 472 valence electrons. The van der Waals surface area contributed by atoms with Crippen LogP contribution < -0.4 is 27.0 Å². The van der Waals surface area contributed by atoms with E-state index in [1.165, 1.54) is 24.3 Å². The number of carbonyl (C=O) groups is 6. The molecule has 0 bridgehead atoms. The van der Waals surface area contributed by atoms with E-state index in [1.54, 1.807) is 19.6 Å². The minimum Gasteiger partial charge on any atom is -0.382 e. The summed E-state index contributed by atoms with van der Waals surface area (Å²) in [7, 11) is -2.96. The number of rotatable bonds is 49. The fourth-order valence-corrected chi connectivity index (χ4v) is 10.1. The molecule has 8 N–H and O–H groups in total. The van der Waals surface area contributed by atoms with Crippen molar-refractivity contribution in [2.75, 3.05) is 119 Å². The van der Waals surface area contributed by atoms with Gasteiger partial charge in [-0.1, -0.05) is 76.8 Å². The number of aryl methyl sites for hydroxylation is 2. The van der Waals surface area contributed by atoms with E-state index < -0.39 is 79.4 Å². The van der Waals surface area contributed by atoms with E-state index >= 15 is 0 Å². The third kappa shape index (κ3) is 32.2. The first-order valence-corrected chi connectivity index (χ1v) is 31.1. The van der Waals surface area contributed by atoms with E-state index in [9.17, 15) is 43.1 Å². The van der Waals surface area contributed by atoms with Gasteiger partial charge in [-0.15, -0.1) is 0 Å². The van der Waals surface area contributed by atoms with Crippen LogP contribution in [0.15, 0.2) is 42.9 Å². The Hall–Kier alpha value is -4.92. The Morgan fingerprint density at radius 2 is 1.20 bits per heavy atom. The molecule has 25 nitrogen and oxygen atoms in total. The van der Waals surface area contributed by atoms with E-state index in [2.05, 4.69) is 50.5 Å². The summed E-state index contributed by atoms with van der Waals surface area (Å²) in [5, 5.41) is 10.7. The van der Waals surface area contributed by atoms with Gasteiger partial charge in [0.1, 0.15) is 30.2 Å². The second-order valence-corrected chi connectivity index (χ2v) is 22.8. The lowest BCUT2D eigenvalue weighted by molar-refractivity contribution is -0.140. The molecule has 1 aromatic heterocycles. The van der Waals surface area contributed by atoms with E-state index in [-0.39, 0.29) is 44.3 Å². The highest BCUT2D eigenvalue weighted by molar-refractivity contribution is 7.51. The first kappa shape index (κ1) is 72.3. The Labute approximate surface area is 490 Å². The third-order valence-electron chi connectivity index (χ3n) is 13.6. The van der Waals surface area contributed by atoms with Crippen molar-refractivity contribution in [1.82, 2.24) is 35.7 Å². The van der Waals surface area contributed by atoms with Gasteiger partial charge in [0.2, 0.25) is 35.4 Å². The van der Waals surface area contributed by atoms with Crippen LogP contribution in [0.25, 0.3) is 0 Å². The van der Waals surface area contributed by atoms with Gasteiger partial charge in [0.15, 0.2) is 0 Å². The van der Waals surface area contributed by atoms with Crippen LogP contribution in [0.4, 0.5) is 0 Å². The summed E-state index contributed by atoms with van der Waals surface area (Å²) in [6.45, 7) is 13.5. The van der Waals surface area contributed by atoms with Gasteiger partial charge in [0.25, 0.3) is 0 Å². The Morgan fingerprint density at radius 1 is 0.675 bits per heavy atom. The number of nitrogens with two attached hydrogens (primary N) is 1. The summed E-state index contributed by atoms with van der Waals surface area (Å²) in [4.78, 5) is 107. The minimum atomic E-state index is -4.59. The van der Waals surface area contributed by atoms with E-state index in [4.69, 9.17) is 43.6 Å². The van der Waals surface area contributed by atoms with E-state index in [1.807, 2.05) is 24.5 Å². The number of unbranched alkanes of at least 4 members (excludes halogenated alkanes) is 5. The third-order valence-corrected chi connectivity index (χ3v) is 14.6. The number of benzene rings is 1. The molecule has 26 heteroatoms.